The lowest BCUT2D eigenvalue weighted by Crippen LogP contribution is -2.48. The summed E-state index contributed by atoms with van der Waals surface area (Å²) >= 11 is 1.61. The number of rotatable bonds is 2. The highest BCUT2D eigenvalue weighted by molar-refractivity contribution is 8.13. The number of thioether (sulfide) groups is 1. The summed E-state index contributed by atoms with van der Waals surface area (Å²) in [7, 11) is 0. The van der Waals surface area contributed by atoms with Crippen molar-refractivity contribution in [3.63, 3.8) is 0 Å². The zero-order valence-corrected chi connectivity index (χ0v) is 10.6. The lowest BCUT2D eigenvalue weighted by atomic mass is 9.85. The highest BCUT2D eigenvalue weighted by Crippen LogP contribution is 2.32. The molecule has 4 nitrogen and oxygen atoms in total. The van der Waals surface area contributed by atoms with Crippen LogP contribution in [-0.2, 0) is 0 Å². The van der Waals surface area contributed by atoms with Gasteiger partial charge in [0, 0.05) is 11.8 Å². The topological polar surface area (TPSA) is 67.6 Å². The predicted molar refractivity (Wildman–Crippen MR) is 70.2 cm³/mol. The van der Waals surface area contributed by atoms with Gasteiger partial charge in [-0.1, -0.05) is 18.2 Å². The molecule has 0 aliphatic carbocycles. The van der Waals surface area contributed by atoms with Crippen LogP contribution < -0.4 is 11.6 Å². The minimum atomic E-state index is 0.521. The number of amidine groups is 1. The molecule has 2 unspecified atom stereocenters. The van der Waals surface area contributed by atoms with E-state index in [1.54, 1.807) is 11.8 Å². The van der Waals surface area contributed by atoms with Gasteiger partial charge in [-0.25, -0.2) is 0 Å². The Morgan fingerprint density at radius 3 is 2.88 bits per heavy atom. The van der Waals surface area contributed by atoms with E-state index in [1.165, 1.54) is 45.2 Å². The zero-order valence-electron chi connectivity index (χ0n) is 9.77. The largest absolute Gasteiger partial charge is 0.377 e. The molecular weight excluding hydrogens is 220 g/mol. The molecule has 2 aliphatic heterocycles. The Hall–Kier alpha value is -0.420. The van der Waals surface area contributed by atoms with Crippen molar-refractivity contribution in [2.45, 2.75) is 38.1 Å². The van der Waals surface area contributed by atoms with Crippen molar-refractivity contribution in [2.24, 2.45) is 22.6 Å². The van der Waals surface area contributed by atoms with Gasteiger partial charge in [-0.15, -0.1) is 0 Å². The van der Waals surface area contributed by atoms with Crippen LogP contribution in [0.2, 0.25) is 0 Å². The van der Waals surface area contributed by atoms with Crippen molar-refractivity contribution in [3.05, 3.63) is 0 Å². The van der Waals surface area contributed by atoms with Crippen LogP contribution >= 0.6 is 11.8 Å². The van der Waals surface area contributed by atoms with Crippen molar-refractivity contribution in [1.29, 1.82) is 0 Å². The fourth-order valence-electron chi connectivity index (χ4n) is 3.00. The molecule has 16 heavy (non-hydrogen) atoms. The molecule has 0 aromatic rings. The van der Waals surface area contributed by atoms with Crippen LogP contribution in [-0.4, -0.2) is 35.0 Å². The van der Waals surface area contributed by atoms with Crippen molar-refractivity contribution in [1.82, 2.24) is 4.90 Å². The van der Waals surface area contributed by atoms with E-state index in [2.05, 4.69) is 10.0 Å². The first-order valence-corrected chi connectivity index (χ1v) is 7.20. The Balaban J connectivity index is 1.87. The van der Waals surface area contributed by atoms with E-state index in [0.29, 0.717) is 5.17 Å². The van der Waals surface area contributed by atoms with E-state index >= 15 is 0 Å². The van der Waals surface area contributed by atoms with Crippen LogP contribution in [0.15, 0.2) is 5.10 Å². The Morgan fingerprint density at radius 2 is 2.06 bits per heavy atom. The molecule has 4 N–H and O–H groups in total. The van der Waals surface area contributed by atoms with Crippen molar-refractivity contribution in [3.8, 4) is 0 Å². The summed E-state index contributed by atoms with van der Waals surface area (Å²) in [5, 5.41) is 4.04. The van der Waals surface area contributed by atoms with Gasteiger partial charge in [0.15, 0.2) is 5.17 Å². The molecule has 2 aliphatic rings. The predicted octanol–water partition coefficient (Wildman–Crippen LogP) is 1.17. The maximum absolute atomic E-state index is 5.63. The molecular formula is C11H22N4S. The number of hydrazone groups is 1. The first kappa shape index (κ1) is 12.0. The van der Waals surface area contributed by atoms with Gasteiger partial charge < -0.3 is 16.5 Å². The van der Waals surface area contributed by atoms with E-state index in [1.807, 2.05) is 0 Å². The monoisotopic (exact) mass is 242 g/mol. The minimum absolute atomic E-state index is 0.521. The van der Waals surface area contributed by atoms with E-state index < -0.39 is 0 Å². The Morgan fingerprint density at radius 1 is 1.25 bits per heavy atom. The highest BCUT2D eigenvalue weighted by atomic mass is 32.2. The highest BCUT2D eigenvalue weighted by Gasteiger charge is 2.32. The summed E-state index contributed by atoms with van der Waals surface area (Å²) in [5.74, 6) is 7.01. The summed E-state index contributed by atoms with van der Waals surface area (Å²) in [6.45, 7) is 2.60. The molecule has 0 spiro atoms. The first-order valence-electron chi connectivity index (χ1n) is 6.21. The molecule has 0 saturated carbocycles. The number of hydrogen-bond donors (Lipinski definition) is 2. The molecule has 2 atom stereocenters. The summed E-state index contributed by atoms with van der Waals surface area (Å²) in [5.41, 5.74) is 5.63. The molecule has 5 heteroatoms. The van der Waals surface area contributed by atoms with Gasteiger partial charge in [0.1, 0.15) is 0 Å². The lowest BCUT2D eigenvalue weighted by Gasteiger charge is -2.44. The Bertz CT molecular complexity index is 254. The normalized spacial score (nSPS) is 32.4. The van der Waals surface area contributed by atoms with E-state index in [0.717, 1.165) is 17.7 Å². The second-order valence-electron chi connectivity index (χ2n) is 4.78. The summed E-state index contributed by atoms with van der Waals surface area (Å²) in [4.78, 5) is 2.67. The number of nitrogens with zero attached hydrogens (tertiary/aromatic N) is 2. The SMILES string of the molecule is N/N=C(\N)SCC1CCCN2CCCCC12. The third kappa shape index (κ3) is 2.83. The molecule has 0 bridgehead atoms. The average Bonchev–Trinajstić information content (AvgIpc) is 2.35. The van der Waals surface area contributed by atoms with E-state index in [9.17, 15) is 0 Å². The lowest BCUT2D eigenvalue weighted by molar-refractivity contribution is 0.0694. The van der Waals surface area contributed by atoms with Gasteiger partial charge in [-0.2, -0.15) is 5.10 Å². The second-order valence-corrected chi connectivity index (χ2v) is 5.82. The van der Waals surface area contributed by atoms with Crippen molar-refractivity contribution >= 4 is 16.9 Å². The van der Waals surface area contributed by atoms with Crippen LogP contribution in [0.1, 0.15) is 32.1 Å². The molecule has 2 rings (SSSR count). The van der Waals surface area contributed by atoms with Crippen LogP contribution in [0.25, 0.3) is 0 Å². The quantitative estimate of drug-likeness (QED) is 0.330. The summed E-state index contributed by atoms with van der Waals surface area (Å²) in [6, 6.07) is 0.792. The van der Waals surface area contributed by atoms with E-state index in [4.69, 9.17) is 11.6 Å². The fraction of sp³-hybridized carbons (Fsp3) is 0.909. The van der Waals surface area contributed by atoms with Crippen LogP contribution in [0, 0.1) is 5.92 Å². The molecule has 92 valence electrons. The smallest absolute Gasteiger partial charge is 0.177 e. The van der Waals surface area contributed by atoms with Gasteiger partial charge >= 0.3 is 0 Å². The number of hydrogen-bond acceptors (Lipinski definition) is 4. The average molecular weight is 242 g/mol. The summed E-state index contributed by atoms with van der Waals surface area (Å²) < 4.78 is 0. The fourth-order valence-corrected chi connectivity index (χ4v) is 3.85. The van der Waals surface area contributed by atoms with E-state index in [-0.39, 0.29) is 0 Å². The number of fused-ring (bicyclic) bond motifs is 1. The third-order valence-electron chi connectivity index (χ3n) is 3.80. The maximum Gasteiger partial charge on any atom is 0.177 e. The minimum Gasteiger partial charge on any atom is -0.377 e. The number of piperidine rings is 2. The van der Waals surface area contributed by atoms with Gasteiger partial charge in [0.05, 0.1) is 0 Å². The molecule has 2 saturated heterocycles. The molecule has 0 radical (unpaired) electrons. The third-order valence-corrected chi connectivity index (χ3v) is 4.80. The second kappa shape index (κ2) is 5.77. The number of nitrogens with two attached hydrogens (primary N) is 2. The maximum atomic E-state index is 5.63. The Labute approximate surface area is 102 Å². The zero-order chi connectivity index (χ0) is 11.4. The molecule has 2 fully saturated rings. The molecule has 2 heterocycles. The van der Waals surface area contributed by atoms with Crippen LogP contribution in [0.5, 0.6) is 0 Å². The van der Waals surface area contributed by atoms with Gasteiger partial charge in [-0.05, 0) is 44.7 Å². The molecule has 0 aromatic carbocycles. The standard InChI is InChI=1S/C11H22N4S/c12-11(14-13)16-8-9-4-3-7-15-6-2-1-5-10(9)15/h9-10H,1-8,13H2,(H2,12,14). The van der Waals surface area contributed by atoms with Gasteiger partial charge in [0.2, 0.25) is 0 Å². The van der Waals surface area contributed by atoms with Gasteiger partial charge in [0.25, 0.3) is 0 Å². The first-order chi connectivity index (χ1) is 7.81. The summed E-state index contributed by atoms with van der Waals surface area (Å²) in [6.07, 6.45) is 6.81. The Kier molecular flexibility index (Phi) is 4.35. The van der Waals surface area contributed by atoms with Crippen molar-refractivity contribution in [2.75, 3.05) is 18.8 Å². The molecule has 0 aromatic heterocycles. The van der Waals surface area contributed by atoms with Crippen molar-refractivity contribution < 1.29 is 0 Å². The van der Waals surface area contributed by atoms with Crippen LogP contribution in [0.4, 0.5) is 0 Å². The molecule has 0 amide bonds. The van der Waals surface area contributed by atoms with Crippen LogP contribution in [0.3, 0.4) is 0 Å². The van der Waals surface area contributed by atoms with Gasteiger partial charge in [-0.3, -0.25) is 0 Å².